The van der Waals surface area contributed by atoms with E-state index in [4.69, 9.17) is 5.84 Å². The monoisotopic (exact) mass is 271 g/mol. The average molecular weight is 271 g/mol. The first-order valence-corrected chi connectivity index (χ1v) is 6.00. The number of allylic oxidation sites excluding steroid dienone is 3. The number of nitrogens with one attached hydrogen (secondary N) is 2. The maximum Gasteiger partial charge on any atom is 0.266 e. The van der Waals surface area contributed by atoms with Gasteiger partial charge in [0.05, 0.1) is 11.3 Å². The Morgan fingerprint density at radius 1 is 1.25 bits per heavy atom. The van der Waals surface area contributed by atoms with E-state index in [9.17, 15) is 9.59 Å². The lowest BCUT2D eigenvalue weighted by Crippen LogP contribution is -2.35. The summed E-state index contributed by atoms with van der Waals surface area (Å²) in [7, 11) is 0. The second-order valence-corrected chi connectivity index (χ2v) is 3.81. The normalized spacial score (nSPS) is 11.7. The fourth-order valence-electron chi connectivity index (χ4n) is 1.59. The van der Waals surface area contributed by atoms with E-state index < -0.39 is 5.91 Å². The van der Waals surface area contributed by atoms with Crippen LogP contribution in [0.4, 0.5) is 0 Å². The number of hydrogen-bond acceptors (Lipinski definition) is 3. The van der Waals surface area contributed by atoms with Crippen LogP contribution in [0, 0.1) is 0 Å². The van der Waals surface area contributed by atoms with Crippen molar-refractivity contribution in [3.63, 3.8) is 0 Å². The fourth-order valence-corrected chi connectivity index (χ4v) is 1.59. The number of nitrogens with two attached hydrogens (primary N) is 1. The van der Waals surface area contributed by atoms with Crippen LogP contribution >= 0.6 is 0 Å². The van der Waals surface area contributed by atoms with Gasteiger partial charge < -0.3 is 5.32 Å². The van der Waals surface area contributed by atoms with Crippen molar-refractivity contribution in [2.24, 2.45) is 5.84 Å². The first kappa shape index (κ1) is 15.4. The summed E-state index contributed by atoms with van der Waals surface area (Å²) in [4.78, 5) is 23.7. The summed E-state index contributed by atoms with van der Waals surface area (Å²) in [5, 5.41) is 2.67. The minimum Gasteiger partial charge on any atom is -0.321 e. The zero-order chi connectivity index (χ0) is 15.0. The Bertz CT molecular complexity index is 560. The number of hydrogen-bond donors (Lipinski definition) is 3. The summed E-state index contributed by atoms with van der Waals surface area (Å²) in [6.45, 7) is 5.24. The van der Waals surface area contributed by atoms with Gasteiger partial charge in [-0.1, -0.05) is 36.9 Å². The molecule has 0 spiro atoms. The van der Waals surface area contributed by atoms with Gasteiger partial charge in [0.25, 0.3) is 11.8 Å². The lowest BCUT2D eigenvalue weighted by molar-refractivity contribution is -0.117. The second-order valence-electron chi connectivity index (χ2n) is 3.81. The topological polar surface area (TPSA) is 84.2 Å². The van der Waals surface area contributed by atoms with Crippen LogP contribution in [0.5, 0.6) is 0 Å². The molecule has 0 unspecified atom stereocenters. The van der Waals surface area contributed by atoms with Gasteiger partial charge in [-0.3, -0.25) is 15.0 Å². The van der Waals surface area contributed by atoms with E-state index in [2.05, 4.69) is 11.9 Å². The van der Waals surface area contributed by atoms with Gasteiger partial charge in [0.1, 0.15) is 0 Å². The number of amides is 2. The number of hydrazine groups is 1. The Morgan fingerprint density at radius 3 is 2.40 bits per heavy atom. The van der Waals surface area contributed by atoms with Crippen LogP contribution in [0.3, 0.4) is 0 Å². The molecule has 1 aromatic carbocycles. The SMILES string of the molecule is C=C/C=C(NC(=O)c1ccccc1)\C(=C/C)C(=O)NN. The van der Waals surface area contributed by atoms with Crippen LogP contribution in [0.25, 0.3) is 0 Å². The third-order valence-corrected chi connectivity index (χ3v) is 2.52. The van der Waals surface area contributed by atoms with Crippen molar-refractivity contribution in [1.82, 2.24) is 10.7 Å². The van der Waals surface area contributed by atoms with Crippen molar-refractivity contribution < 1.29 is 9.59 Å². The summed E-state index contributed by atoms with van der Waals surface area (Å²) in [5.74, 6) is 4.31. The molecule has 20 heavy (non-hydrogen) atoms. The van der Waals surface area contributed by atoms with Crippen LogP contribution in [0.2, 0.25) is 0 Å². The standard InChI is InChI=1S/C15H17N3O2/c1-3-8-13(12(4-2)15(20)18-16)17-14(19)11-9-6-5-7-10-11/h3-10H,1,16H2,2H3,(H,17,19)(H,18,20)/b12-4+,13-8+. The molecule has 0 radical (unpaired) electrons. The highest BCUT2D eigenvalue weighted by Gasteiger charge is 2.15. The van der Waals surface area contributed by atoms with Gasteiger partial charge in [0.15, 0.2) is 0 Å². The molecule has 0 fully saturated rings. The first-order chi connectivity index (χ1) is 9.63. The van der Waals surface area contributed by atoms with Crippen LogP contribution in [-0.4, -0.2) is 11.8 Å². The maximum absolute atomic E-state index is 12.1. The lowest BCUT2D eigenvalue weighted by atomic mass is 10.1. The molecule has 0 aromatic heterocycles. The van der Waals surface area contributed by atoms with Gasteiger partial charge in [0, 0.05) is 5.56 Å². The van der Waals surface area contributed by atoms with E-state index >= 15 is 0 Å². The molecule has 0 saturated carbocycles. The van der Waals surface area contributed by atoms with Crippen LogP contribution in [0.15, 0.2) is 66.4 Å². The van der Waals surface area contributed by atoms with Gasteiger partial charge in [-0.05, 0) is 25.1 Å². The predicted molar refractivity (Wildman–Crippen MR) is 78.3 cm³/mol. The Morgan fingerprint density at radius 2 is 1.90 bits per heavy atom. The van der Waals surface area contributed by atoms with Crippen LogP contribution in [0.1, 0.15) is 17.3 Å². The molecule has 5 heteroatoms. The van der Waals surface area contributed by atoms with Crippen molar-refractivity contribution in [1.29, 1.82) is 0 Å². The van der Waals surface area contributed by atoms with E-state index in [0.29, 0.717) is 11.3 Å². The number of carbonyl (C=O) groups excluding carboxylic acids is 2. The van der Waals surface area contributed by atoms with Gasteiger partial charge in [-0.25, -0.2) is 5.84 Å². The fraction of sp³-hybridized carbons (Fsp3) is 0.0667. The molecule has 1 aromatic rings. The van der Waals surface area contributed by atoms with E-state index in [1.165, 1.54) is 12.2 Å². The summed E-state index contributed by atoms with van der Waals surface area (Å²) in [5.41, 5.74) is 3.12. The summed E-state index contributed by atoms with van der Waals surface area (Å²) in [6, 6.07) is 8.69. The largest absolute Gasteiger partial charge is 0.321 e. The summed E-state index contributed by atoms with van der Waals surface area (Å²) in [6.07, 6.45) is 4.57. The van der Waals surface area contributed by atoms with E-state index in [1.807, 2.05) is 11.5 Å². The Balaban J connectivity index is 3.00. The molecular formula is C15H17N3O2. The Hall–Kier alpha value is -2.66. The highest BCUT2D eigenvalue weighted by molar-refractivity contribution is 6.01. The van der Waals surface area contributed by atoms with E-state index in [0.717, 1.165) is 0 Å². The van der Waals surface area contributed by atoms with Crippen LogP contribution in [-0.2, 0) is 4.79 Å². The van der Waals surface area contributed by atoms with Gasteiger partial charge in [0.2, 0.25) is 0 Å². The first-order valence-electron chi connectivity index (χ1n) is 6.00. The van der Waals surface area contributed by atoms with Crippen molar-refractivity contribution in [2.75, 3.05) is 0 Å². The van der Waals surface area contributed by atoms with Crippen molar-refractivity contribution in [3.05, 3.63) is 72.0 Å². The van der Waals surface area contributed by atoms with Crippen LogP contribution < -0.4 is 16.6 Å². The van der Waals surface area contributed by atoms with Gasteiger partial charge >= 0.3 is 0 Å². The molecule has 2 amide bonds. The molecule has 1 rings (SSSR count). The van der Waals surface area contributed by atoms with Crippen molar-refractivity contribution >= 4 is 11.8 Å². The number of carbonyl (C=O) groups is 2. The third kappa shape index (κ3) is 3.93. The van der Waals surface area contributed by atoms with Gasteiger partial charge in [-0.15, -0.1) is 0 Å². The third-order valence-electron chi connectivity index (χ3n) is 2.52. The molecule has 0 aliphatic rings. The zero-order valence-electron chi connectivity index (χ0n) is 11.2. The van der Waals surface area contributed by atoms with E-state index in [-0.39, 0.29) is 11.5 Å². The second kappa shape index (κ2) is 7.70. The Labute approximate surface area is 117 Å². The minimum absolute atomic E-state index is 0.261. The number of benzene rings is 1. The minimum atomic E-state index is -0.492. The van der Waals surface area contributed by atoms with Crippen molar-refractivity contribution in [2.45, 2.75) is 6.92 Å². The molecule has 0 heterocycles. The summed E-state index contributed by atoms with van der Waals surface area (Å²) < 4.78 is 0. The highest BCUT2D eigenvalue weighted by Crippen LogP contribution is 2.09. The van der Waals surface area contributed by atoms with Gasteiger partial charge in [-0.2, -0.15) is 0 Å². The molecule has 4 N–H and O–H groups in total. The lowest BCUT2D eigenvalue weighted by Gasteiger charge is -2.12. The predicted octanol–water partition coefficient (Wildman–Crippen LogP) is 1.42. The summed E-state index contributed by atoms with van der Waals surface area (Å²) >= 11 is 0. The van der Waals surface area contributed by atoms with E-state index in [1.54, 1.807) is 37.3 Å². The smallest absolute Gasteiger partial charge is 0.266 e. The maximum atomic E-state index is 12.1. The molecule has 0 saturated heterocycles. The molecule has 0 aliphatic heterocycles. The quantitative estimate of drug-likeness (QED) is 0.249. The average Bonchev–Trinajstić information content (AvgIpc) is 2.48. The molecular weight excluding hydrogens is 254 g/mol. The molecule has 5 nitrogen and oxygen atoms in total. The zero-order valence-corrected chi connectivity index (χ0v) is 11.2. The Kier molecular flexibility index (Phi) is 5.93. The number of rotatable bonds is 5. The van der Waals surface area contributed by atoms with Crippen molar-refractivity contribution in [3.8, 4) is 0 Å². The molecule has 0 atom stereocenters. The molecule has 0 aliphatic carbocycles. The highest BCUT2D eigenvalue weighted by atomic mass is 16.2. The molecule has 0 bridgehead atoms. The molecule has 104 valence electrons.